The fourth-order valence-electron chi connectivity index (χ4n) is 5.25. The third-order valence-electron chi connectivity index (χ3n) is 5.98. The molecular formula is C16H28S. The highest BCUT2D eigenvalue weighted by molar-refractivity contribution is 7.99. The fourth-order valence-corrected chi connectivity index (χ4v) is 6.77. The minimum absolute atomic E-state index is 1.01. The van der Waals surface area contributed by atoms with E-state index in [0.717, 1.165) is 35.5 Å². The molecule has 0 N–H and O–H groups in total. The van der Waals surface area contributed by atoms with Crippen LogP contribution in [-0.4, -0.2) is 11.5 Å². The number of hydrogen-bond acceptors (Lipinski definition) is 1. The molecule has 1 saturated heterocycles. The van der Waals surface area contributed by atoms with Gasteiger partial charge in [0.2, 0.25) is 0 Å². The molecule has 0 bridgehead atoms. The molecule has 0 amide bonds. The maximum Gasteiger partial charge on any atom is -0.00362 e. The molecule has 0 nitrogen and oxygen atoms in total. The van der Waals surface area contributed by atoms with E-state index in [1.807, 2.05) is 0 Å². The maximum atomic E-state index is 2.56. The molecular weight excluding hydrogens is 224 g/mol. The number of hydrogen-bond donors (Lipinski definition) is 0. The monoisotopic (exact) mass is 252 g/mol. The van der Waals surface area contributed by atoms with E-state index in [9.17, 15) is 0 Å². The van der Waals surface area contributed by atoms with Gasteiger partial charge in [-0.2, -0.15) is 11.8 Å². The van der Waals surface area contributed by atoms with Crippen LogP contribution in [0.5, 0.6) is 0 Å². The van der Waals surface area contributed by atoms with E-state index in [2.05, 4.69) is 25.6 Å². The molecule has 0 aromatic heterocycles. The van der Waals surface area contributed by atoms with Gasteiger partial charge in [-0.15, -0.1) is 0 Å². The first-order valence-electron chi connectivity index (χ1n) is 7.85. The molecule has 2 aliphatic carbocycles. The van der Waals surface area contributed by atoms with Gasteiger partial charge in [0.05, 0.1) is 0 Å². The Labute approximate surface area is 111 Å². The highest BCUT2D eigenvalue weighted by Gasteiger charge is 2.44. The Morgan fingerprint density at radius 1 is 0.706 bits per heavy atom. The van der Waals surface area contributed by atoms with Gasteiger partial charge in [0.25, 0.3) is 0 Å². The molecule has 0 radical (unpaired) electrons. The van der Waals surface area contributed by atoms with E-state index in [4.69, 9.17) is 0 Å². The van der Waals surface area contributed by atoms with E-state index in [1.54, 1.807) is 0 Å². The summed E-state index contributed by atoms with van der Waals surface area (Å²) in [5, 5.41) is 0. The summed E-state index contributed by atoms with van der Waals surface area (Å²) in [7, 11) is 0. The van der Waals surface area contributed by atoms with Gasteiger partial charge in [-0.25, -0.2) is 0 Å². The van der Waals surface area contributed by atoms with Crippen molar-refractivity contribution in [1.29, 1.82) is 0 Å². The highest BCUT2D eigenvalue weighted by atomic mass is 32.2. The van der Waals surface area contributed by atoms with E-state index < -0.39 is 0 Å². The number of thioether (sulfide) groups is 1. The Balaban J connectivity index is 1.86. The van der Waals surface area contributed by atoms with E-state index in [1.165, 1.54) is 50.0 Å². The zero-order chi connectivity index (χ0) is 11.8. The van der Waals surface area contributed by atoms with Gasteiger partial charge in [-0.3, -0.25) is 0 Å². The van der Waals surface area contributed by atoms with E-state index in [0.29, 0.717) is 0 Å². The quantitative estimate of drug-likeness (QED) is 0.594. The molecule has 6 unspecified atom stereocenters. The summed E-state index contributed by atoms with van der Waals surface area (Å²) < 4.78 is 0. The molecule has 0 aromatic carbocycles. The molecule has 3 aliphatic rings. The second kappa shape index (κ2) is 5.15. The van der Waals surface area contributed by atoms with Crippen molar-refractivity contribution in [1.82, 2.24) is 0 Å². The Morgan fingerprint density at radius 3 is 1.65 bits per heavy atom. The van der Waals surface area contributed by atoms with Crippen molar-refractivity contribution in [2.75, 3.05) is 11.5 Å². The molecule has 0 spiro atoms. The first-order chi connectivity index (χ1) is 8.27. The molecule has 17 heavy (non-hydrogen) atoms. The van der Waals surface area contributed by atoms with Crippen LogP contribution in [0, 0.1) is 35.5 Å². The summed E-state index contributed by atoms with van der Waals surface area (Å²) in [5.74, 6) is 9.29. The highest BCUT2D eigenvalue weighted by Crippen LogP contribution is 2.52. The smallest absolute Gasteiger partial charge is 0.00362 e. The Kier molecular flexibility index (Phi) is 3.75. The maximum absolute atomic E-state index is 2.56. The molecule has 0 aromatic rings. The van der Waals surface area contributed by atoms with Crippen molar-refractivity contribution in [3.05, 3.63) is 0 Å². The fraction of sp³-hybridized carbons (Fsp3) is 1.00. The molecule has 3 rings (SSSR count). The van der Waals surface area contributed by atoms with Crippen LogP contribution in [0.25, 0.3) is 0 Å². The van der Waals surface area contributed by atoms with Crippen LogP contribution < -0.4 is 0 Å². The predicted molar refractivity (Wildman–Crippen MR) is 77.3 cm³/mol. The van der Waals surface area contributed by atoms with Gasteiger partial charge in [0.15, 0.2) is 0 Å². The van der Waals surface area contributed by atoms with Gasteiger partial charge in [0, 0.05) is 0 Å². The molecule has 1 heteroatoms. The molecule has 3 fully saturated rings. The van der Waals surface area contributed by atoms with Gasteiger partial charge >= 0.3 is 0 Å². The Morgan fingerprint density at radius 2 is 1.18 bits per heavy atom. The summed E-state index contributed by atoms with van der Waals surface area (Å²) in [6, 6.07) is 0. The van der Waals surface area contributed by atoms with Gasteiger partial charge < -0.3 is 0 Å². The van der Waals surface area contributed by atoms with Crippen LogP contribution in [0.4, 0.5) is 0 Å². The average molecular weight is 252 g/mol. The third kappa shape index (κ3) is 2.29. The number of fused-ring (bicyclic) bond motifs is 3. The van der Waals surface area contributed by atoms with Crippen molar-refractivity contribution in [3.63, 3.8) is 0 Å². The van der Waals surface area contributed by atoms with Gasteiger partial charge in [0.1, 0.15) is 0 Å². The van der Waals surface area contributed by atoms with Gasteiger partial charge in [-0.05, 0) is 59.9 Å². The van der Waals surface area contributed by atoms with E-state index in [-0.39, 0.29) is 0 Å². The van der Waals surface area contributed by atoms with Crippen LogP contribution in [0.2, 0.25) is 0 Å². The van der Waals surface area contributed by atoms with Gasteiger partial charge in [-0.1, -0.05) is 39.5 Å². The lowest BCUT2D eigenvalue weighted by Crippen LogP contribution is -2.41. The Bertz CT molecular complexity index is 236. The third-order valence-corrected chi connectivity index (χ3v) is 7.31. The number of rotatable bonds is 0. The van der Waals surface area contributed by atoms with Crippen molar-refractivity contribution in [2.24, 2.45) is 35.5 Å². The van der Waals surface area contributed by atoms with Crippen LogP contribution >= 0.6 is 11.8 Å². The molecule has 1 aliphatic heterocycles. The van der Waals surface area contributed by atoms with Crippen molar-refractivity contribution >= 4 is 11.8 Å². The summed E-state index contributed by atoms with van der Waals surface area (Å²) in [4.78, 5) is 0. The lowest BCUT2D eigenvalue weighted by Gasteiger charge is -2.47. The molecule has 98 valence electrons. The Hall–Kier alpha value is 0.350. The molecule has 6 atom stereocenters. The SMILES string of the molecule is CC1CCCC2CSCC3CCCC(C)C3C12. The molecule has 2 saturated carbocycles. The predicted octanol–water partition coefficient (Wildman–Crippen LogP) is 4.84. The van der Waals surface area contributed by atoms with Crippen molar-refractivity contribution in [3.8, 4) is 0 Å². The van der Waals surface area contributed by atoms with Crippen molar-refractivity contribution < 1.29 is 0 Å². The minimum atomic E-state index is 1.01. The van der Waals surface area contributed by atoms with Crippen LogP contribution in [0.3, 0.4) is 0 Å². The second-order valence-corrected chi connectivity index (χ2v) is 8.10. The zero-order valence-electron chi connectivity index (χ0n) is 11.5. The average Bonchev–Trinajstić information content (AvgIpc) is 2.50. The lowest BCUT2D eigenvalue weighted by atomic mass is 9.58. The van der Waals surface area contributed by atoms with Crippen LogP contribution in [0.15, 0.2) is 0 Å². The minimum Gasteiger partial charge on any atom is -0.161 e. The normalized spacial score (nSPS) is 51.2. The van der Waals surface area contributed by atoms with Crippen LogP contribution in [0.1, 0.15) is 52.4 Å². The first-order valence-corrected chi connectivity index (χ1v) is 9.00. The summed E-state index contributed by atoms with van der Waals surface area (Å²) in [6.45, 7) is 5.12. The summed E-state index contributed by atoms with van der Waals surface area (Å²) in [5.41, 5.74) is 0. The first kappa shape index (κ1) is 12.4. The second-order valence-electron chi connectivity index (χ2n) is 7.03. The summed E-state index contributed by atoms with van der Waals surface area (Å²) >= 11 is 2.29. The topological polar surface area (TPSA) is 0 Å². The largest absolute Gasteiger partial charge is 0.161 e. The molecule has 1 heterocycles. The standard InChI is InChI=1S/C16H28S/c1-11-5-3-7-13-9-17-10-14-8-4-6-12(2)16(14)15(11)13/h11-16H,3-10H2,1-2H3. The summed E-state index contributed by atoms with van der Waals surface area (Å²) in [6.07, 6.45) is 9.13. The zero-order valence-corrected chi connectivity index (χ0v) is 12.3. The van der Waals surface area contributed by atoms with Crippen LogP contribution in [-0.2, 0) is 0 Å². The van der Waals surface area contributed by atoms with Crippen molar-refractivity contribution in [2.45, 2.75) is 52.4 Å². The van der Waals surface area contributed by atoms with E-state index >= 15 is 0 Å². The lowest BCUT2D eigenvalue weighted by molar-refractivity contribution is 0.0279.